The molecule has 1 heterocycles. The average Bonchev–Trinajstić information content (AvgIpc) is 2.50. The Labute approximate surface area is 127 Å². The lowest BCUT2D eigenvalue weighted by atomic mass is 10.2. The number of aromatic nitrogens is 1. The van der Waals surface area contributed by atoms with Crippen molar-refractivity contribution in [3.05, 3.63) is 58.9 Å². The van der Waals surface area contributed by atoms with Gasteiger partial charge in [0.2, 0.25) is 0 Å². The van der Waals surface area contributed by atoms with Crippen LogP contribution in [0.15, 0.2) is 42.7 Å². The molecule has 0 aliphatic heterocycles. The molecule has 0 fully saturated rings. The molecule has 2 N–H and O–H groups in total. The second-order valence-corrected chi connectivity index (χ2v) is 4.82. The Kier molecular flexibility index (Phi) is 4.90. The first-order valence-corrected chi connectivity index (χ1v) is 6.69. The third-order valence-corrected chi connectivity index (χ3v) is 3.31. The SMILES string of the molecule is Cc1c(Cl)cccc1NC(=O)C(=O)NCc1cccnc1. The Morgan fingerprint density at radius 2 is 2.00 bits per heavy atom. The number of amides is 2. The molecule has 0 aliphatic carbocycles. The highest BCUT2D eigenvalue weighted by Gasteiger charge is 2.14. The van der Waals surface area contributed by atoms with Crippen LogP contribution in [0.4, 0.5) is 5.69 Å². The molecule has 0 saturated carbocycles. The van der Waals surface area contributed by atoms with Crippen molar-refractivity contribution in [1.82, 2.24) is 10.3 Å². The zero-order valence-corrected chi connectivity index (χ0v) is 12.1. The first kappa shape index (κ1) is 15.0. The summed E-state index contributed by atoms with van der Waals surface area (Å²) in [5.74, 6) is -1.44. The molecule has 2 aromatic rings. The number of benzene rings is 1. The van der Waals surface area contributed by atoms with Crippen molar-refractivity contribution in [2.24, 2.45) is 0 Å². The monoisotopic (exact) mass is 303 g/mol. The number of nitrogens with zero attached hydrogens (tertiary/aromatic N) is 1. The van der Waals surface area contributed by atoms with Crippen molar-refractivity contribution >= 4 is 29.1 Å². The van der Waals surface area contributed by atoms with Crippen LogP contribution >= 0.6 is 11.6 Å². The molecular formula is C15H14ClN3O2. The van der Waals surface area contributed by atoms with Gasteiger partial charge in [-0.25, -0.2) is 0 Å². The third kappa shape index (κ3) is 4.03. The van der Waals surface area contributed by atoms with Gasteiger partial charge in [-0.2, -0.15) is 0 Å². The number of pyridine rings is 1. The lowest BCUT2D eigenvalue weighted by Gasteiger charge is -2.09. The van der Waals surface area contributed by atoms with E-state index in [9.17, 15) is 9.59 Å². The van der Waals surface area contributed by atoms with Crippen LogP contribution in [0, 0.1) is 6.92 Å². The highest BCUT2D eigenvalue weighted by Crippen LogP contribution is 2.22. The van der Waals surface area contributed by atoms with Gasteiger partial charge in [-0.15, -0.1) is 0 Å². The molecule has 0 bridgehead atoms. The van der Waals surface area contributed by atoms with Crippen molar-refractivity contribution < 1.29 is 9.59 Å². The Bertz CT molecular complexity index is 659. The van der Waals surface area contributed by atoms with E-state index in [1.165, 1.54) is 0 Å². The minimum absolute atomic E-state index is 0.245. The second-order valence-electron chi connectivity index (χ2n) is 4.41. The maximum atomic E-state index is 11.8. The van der Waals surface area contributed by atoms with Gasteiger partial charge in [0, 0.05) is 29.6 Å². The molecule has 0 spiro atoms. The summed E-state index contributed by atoms with van der Waals surface area (Å²) in [7, 11) is 0. The number of nitrogens with one attached hydrogen (secondary N) is 2. The summed E-state index contributed by atoms with van der Waals surface area (Å²) >= 11 is 5.96. The topological polar surface area (TPSA) is 71.1 Å². The van der Waals surface area contributed by atoms with E-state index in [1.807, 2.05) is 6.07 Å². The summed E-state index contributed by atoms with van der Waals surface area (Å²) in [5.41, 5.74) is 2.05. The summed E-state index contributed by atoms with van der Waals surface area (Å²) in [6.45, 7) is 2.01. The molecule has 0 radical (unpaired) electrons. The standard InChI is InChI=1S/C15H14ClN3O2/c1-10-12(16)5-2-6-13(10)19-15(21)14(20)18-9-11-4-3-7-17-8-11/h2-8H,9H2,1H3,(H,18,20)(H,19,21). The Morgan fingerprint density at radius 1 is 1.19 bits per heavy atom. The van der Waals surface area contributed by atoms with Gasteiger partial charge >= 0.3 is 11.8 Å². The van der Waals surface area contributed by atoms with Crippen LogP contribution in [0.1, 0.15) is 11.1 Å². The Morgan fingerprint density at radius 3 is 2.71 bits per heavy atom. The fraction of sp³-hybridized carbons (Fsp3) is 0.133. The van der Waals surface area contributed by atoms with Crippen molar-refractivity contribution in [3.63, 3.8) is 0 Å². The average molecular weight is 304 g/mol. The maximum absolute atomic E-state index is 11.8. The molecule has 0 unspecified atom stereocenters. The van der Waals surface area contributed by atoms with E-state index >= 15 is 0 Å². The Hall–Kier alpha value is -2.40. The van der Waals surface area contributed by atoms with Gasteiger partial charge in [0.25, 0.3) is 0 Å². The lowest BCUT2D eigenvalue weighted by molar-refractivity contribution is -0.136. The summed E-state index contributed by atoms with van der Waals surface area (Å²) < 4.78 is 0. The van der Waals surface area contributed by atoms with Gasteiger partial charge in [0.15, 0.2) is 0 Å². The smallest absolute Gasteiger partial charge is 0.313 e. The second kappa shape index (κ2) is 6.85. The van der Waals surface area contributed by atoms with E-state index in [0.29, 0.717) is 16.3 Å². The molecule has 1 aromatic heterocycles. The molecule has 0 saturated heterocycles. The molecule has 2 rings (SSSR count). The molecule has 2 amide bonds. The largest absolute Gasteiger partial charge is 0.344 e. The fourth-order valence-corrected chi connectivity index (χ4v) is 1.86. The molecule has 0 atom stereocenters. The van der Waals surface area contributed by atoms with Gasteiger partial charge in [0.05, 0.1) is 0 Å². The van der Waals surface area contributed by atoms with Crippen LogP contribution in [-0.2, 0) is 16.1 Å². The number of carbonyl (C=O) groups is 2. The maximum Gasteiger partial charge on any atom is 0.313 e. The predicted octanol–water partition coefficient (Wildman–Crippen LogP) is 2.30. The lowest BCUT2D eigenvalue weighted by Crippen LogP contribution is -2.35. The Balaban J connectivity index is 1.94. The molecule has 1 aromatic carbocycles. The quantitative estimate of drug-likeness (QED) is 0.855. The summed E-state index contributed by atoms with van der Waals surface area (Å²) in [5, 5.41) is 5.60. The van der Waals surface area contributed by atoms with E-state index in [0.717, 1.165) is 5.56 Å². The third-order valence-electron chi connectivity index (χ3n) is 2.90. The van der Waals surface area contributed by atoms with E-state index in [4.69, 9.17) is 11.6 Å². The van der Waals surface area contributed by atoms with E-state index in [-0.39, 0.29) is 6.54 Å². The van der Waals surface area contributed by atoms with Gasteiger partial charge in [-0.3, -0.25) is 14.6 Å². The van der Waals surface area contributed by atoms with E-state index in [2.05, 4.69) is 15.6 Å². The van der Waals surface area contributed by atoms with Crippen molar-refractivity contribution in [1.29, 1.82) is 0 Å². The zero-order valence-electron chi connectivity index (χ0n) is 11.4. The number of rotatable bonds is 3. The normalized spacial score (nSPS) is 10.0. The van der Waals surface area contributed by atoms with Crippen LogP contribution in [-0.4, -0.2) is 16.8 Å². The number of halogens is 1. The first-order chi connectivity index (χ1) is 10.1. The van der Waals surface area contributed by atoms with Crippen LogP contribution < -0.4 is 10.6 Å². The van der Waals surface area contributed by atoms with Crippen molar-refractivity contribution in [2.45, 2.75) is 13.5 Å². The molecule has 108 valence electrons. The minimum atomic E-state index is -0.732. The van der Waals surface area contributed by atoms with Gasteiger partial charge in [-0.05, 0) is 36.2 Å². The molecule has 5 nitrogen and oxygen atoms in total. The zero-order chi connectivity index (χ0) is 15.2. The predicted molar refractivity (Wildman–Crippen MR) is 80.9 cm³/mol. The minimum Gasteiger partial charge on any atom is -0.344 e. The number of carbonyl (C=O) groups excluding carboxylic acids is 2. The van der Waals surface area contributed by atoms with Crippen LogP contribution in [0.5, 0.6) is 0 Å². The van der Waals surface area contributed by atoms with Crippen molar-refractivity contribution in [2.75, 3.05) is 5.32 Å². The van der Waals surface area contributed by atoms with Crippen molar-refractivity contribution in [3.8, 4) is 0 Å². The highest BCUT2D eigenvalue weighted by molar-refractivity contribution is 6.40. The van der Waals surface area contributed by atoms with Gasteiger partial charge < -0.3 is 10.6 Å². The number of hydrogen-bond donors (Lipinski definition) is 2. The molecule has 0 aliphatic rings. The highest BCUT2D eigenvalue weighted by atomic mass is 35.5. The van der Waals surface area contributed by atoms with Gasteiger partial charge in [0.1, 0.15) is 0 Å². The summed E-state index contributed by atoms with van der Waals surface area (Å²) in [6, 6.07) is 8.68. The summed E-state index contributed by atoms with van der Waals surface area (Å²) in [6.07, 6.45) is 3.26. The van der Waals surface area contributed by atoms with Crippen LogP contribution in [0.25, 0.3) is 0 Å². The van der Waals surface area contributed by atoms with Gasteiger partial charge in [-0.1, -0.05) is 23.7 Å². The molecule has 21 heavy (non-hydrogen) atoms. The number of anilines is 1. The van der Waals surface area contributed by atoms with Crippen LogP contribution in [0.3, 0.4) is 0 Å². The van der Waals surface area contributed by atoms with E-state index in [1.54, 1.807) is 43.6 Å². The summed E-state index contributed by atoms with van der Waals surface area (Å²) in [4.78, 5) is 27.5. The van der Waals surface area contributed by atoms with E-state index < -0.39 is 11.8 Å². The number of hydrogen-bond acceptors (Lipinski definition) is 3. The molecule has 6 heteroatoms. The molecular weight excluding hydrogens is 290 g/mol. The van der Waals surface area contributed by atoms with Crippen LogP contribution in [0.2, 0.25) is 5.02 Å². The first-order valence-electron chi connectivity index (χ1n) is 6.31. The fourth-order valence-electron chi connectivity index (χ4n) is 1.69.